The number of carboxylic acid groups (broad SMARTS) is 1. The summed E-state index contributed by atoms with van der Waals surface area (Å²) >= 11 is 0. The number of hydrogen-bond acceptors (Lipinski definition) is 3. The molecule has 79 valence electrons. The lowest BCUT2D eigenvalue weighted by Crippen LogP contribution is -2.10. The summed E-state index contributed by atoms with van der Waals surface area (Å²) in [6.45, 7) is -0.771. The molecule has 5 nitrogen and oxygen atoms in total. The van der Waals surface area contributed by atoms with Crippen LogP contribution in [0.25, 0.3) is 0 Å². The summed E-state index contributed by atoms with van der Waals surface area (Å²) in [5, 5.41) is 19.6. The molecule has 0 heterocycles. The second-order valence-electron chi connectivity index (χ2n) is 2.77. The van der Waals surface area contributed by atoms with Gasteiger partial charge in [0.25, 0.3) is 0 Å². The van der Waals surface area contributed by atoms with E-state index in [9.17, 15) is 14.7 Å². The number of carbonyl (C=O) groups excluding carboxylic acids is 1. The van der Waals surface area contributed by atoms with Crippen LogP contribution in [0.1, 0.15) is 26.3 Å². The van der Waals surface area contributed by atoms with Crippen LogP contribution < -0.4 is 0 Å². The van der Waals surface area contributed by atoms with Crippen molar-refractivity contribution in [3.05, 3.63) is 34.9 Å². The molecule has 0 fully saturated rings. The number of carbonyl (C=O) groups is 2. The predicted octanol–water partition coefficient (Wildman–Crippen LogP) is 1.10. The summed E-state index contributed by atoms with van der Waals surface area (Å²) in [5.74, 6) is -1.93. The quantitative estimate of drug-likeness (QED) is 0.755. The van der Waals surface area contributed by atoms with Gasteiger partial charge in [-0.15, -0.1) is 0 Å². The molecule has 0 bridgehead atoms. The van der Waals surface area contributed by atoms with Crippen LogP contribution in [-0.2, 0) is 16.5 Å². The second kappa shape index (κ2) is 4.56. The lowest BCUT2D eigenvalue weighted by molar-refractivity contribution is 0.0594. The van der Waals surface area contributed by atoms with Crippen LogP contribution >= 0.6 is 0 Å². The summed E-state index contributed by atoms with van der Waals surface area (Å²) in [5.41, 5.74) is -0.197. The van der Waals surface area contributed by atoms with E-state index in [4.69, 9.17) is 5.11 Å². The first-order chi connectivity index (χ1) is 7.11. The van der Waals surface area contributed by atoms with Crippen LogP contribution in [0.4, 0.5) is 0 Å². The molecule has 0 atom stereocenters. The Morgan fingerprint density at radius 3 is 2.40 bits per heavy atom. The molecule has 0 saturated heterocycles. The molecule has 1 N–H and O–H groups in total. The molecule has 0 aromatic heterocycles. The molecule has 0 aliphatic carbocycles. The van der Waals surface area contributed by atoms with Gasteiger partial charge in [-0.3, -0.25) is 0 Å². The van der Waals surface area contributed by atoms with Gasteiger partial charge in [-0.1, -0.05) is 6.07 Å². The fraction of sp³-hybridized carbons (Fsp3) is 0.200. The van der Waals surface area contributed by atoms with E-state index >= 15 is 0 Å². The second-order valence-corrected chi connectivity index (χ2v) is 2.77. The van der Waals surface area contributed by atoms with Crippen molar-refractivity contribution in [3.63, 3.8) is 0 Å². The molecular weight excluding hydrogens is 200 g/mol. The first-order valence-electron chi connectivity index (χ1n) is 4.13. The standard InChI is InChI=1S/C10H9O5/c1-15-10(14)7-4-2-3-6(9(12)13)8(7)5-11/h2-4H,5H2,1H3,(H,12,13). The monoisotopic (exact) mass is 209 g/mol. The zero-order chi connectivity index (χ0) is 11.4. The molecule has 1 aromatic carbocycles. The molecule has 0 saturated carbocycles. The predicted molar refractivity (Wildman–Crippen MR) is 49.1 cm³/mol. The SMILES string of the molecule is COC(=O)c1cccc(C(=O)O)c1C[O]. The largest absolute Gasteiger partial charge is 0.478 e. The summed E-state index contributed by atoms with van der Waals surface area (Å²) in [6.07, 6.45) is 0. The number of rotatable bonds is 3. The molecule has 0 amide bonds. The minimum atomic E-state index is -1.23. The van der Waals surface area contributed by atoms with Gasteiger partial charge in [-0.25, -0.2) is 14.7 Å². The Morgan fingerprint density at radius 1 is 1.33 bits per heavy atom. The van der Waals surface area contributed by atoms with E-state index in [0.717, 1.165) is 0 Å². The Balaban J connectivity index is 3.34. The van der Waals surface area contributed by atoms with Crippen molar-refractivity contribution in [2.45, 2.75) is 6.61 Å². The topological polar surface area (TPSA) is 83.5 Å². The van der Waals surface area contributed by atoms with Crippen LogP contribution in [0.5, 0.6) is 0 Å². The number of carboxylic acids is 1. The Morgan fingerprint density at radius 2 is 1.93 bits per heavy atom. The van der Waals surface area contributed by atoms with Gasteiger partial charge in [0, 0.05) is 5.56 Å². The highest BCUT2D eigenvalue weighted by atomic mass is 16.5. The van der Waals surface area contributed by atoms with Gasteiger partial charge in [0.15, 0.2) is 0 Å². The Labute approximate surface area is 85.9 Å². The van der Waals surface area contributed by atoms with Gasteiger partial charge in [0.2, 0.25) is 0 Å². The van der Waals surface area contributed by atoms with E-state index in [1.165, 1.54) is 25.3 Å². The Bertz CT molecular complexity index is 397. The molecule has 0 aliphatic heterocycles. The number of benzene rings is 1. The Hall–Kier alpha value is -1.88. The number of ether oxygens (including phenoxy) is 1. The highest BCUT2D eigenvalue weighted by molar-refractivity contribution is 5.97. The first kappa shape index (κ1) is 11.2. The highest BCUT2D eigenvalue weighted by Crippen LogP contribution is 2.16. The molecular formula is C10H9O5. The molecule has 0 aliphatic rings. The van der Waals surface area contributed by atoms with E-state index in [1.54, 1.807) is 0 Å². The minimum Gasteiger partial charge on any atom is -0.478 e. The van der Waals surface area contributed by atoms with Crippen LogP contribution in [0, 0.1) is 0 Å². The molecule has 0 spiro atoms. The van der Waals surface area contributed by atoms with Crippen molar-refractivity contribution in [2.75, 3.05) is 7.11 Å². The van der Waals surface area contributed by atoms with Crippen molar-refractivity contribution in [1.29, 1.82) is 0 Å². The summed E-state index contributed by atoms with van der Waals surface area (Å²) in [4.78, 5) is 22.0. The van der Waals surface area contributed by atoms with Crippen molar-refractivity contribution < 1.29 is 24.5 Å². The average Bonchev–Trinajstić information content (AvgIpc) is 2.26. The maximum atomic E-state index is 11.2. The molecule has 5 heteroatoms. The third-order valence-electron chi connectivity index (χ3n) is 1.96. The van der Waals surface area contributed by atoms with Gasteiger partial charge in [-0.05, 0) is 12.1 Å². The van der Waals surface area contributed by atoms with Crippen LogP contribution in [-0.4, -0.2) is 24.2 Å². The highest BCUT2D eigenvalue weighted by Gasteiger charge is 2.18. The van der Waals surface area contributed by atoms with E-state index in [2.05, 4.69) is 4.74 Å². The fourth-order valence-electron chi connectivity index (χ4n) is 1.24. The summed E-state index contributed by atoms with van der Waals surface area (Å²) in [7, 11) is 1.17. The van der Waals surface area contributed by atoms with Crippen molar-refractivity contribution in [3.8, 4) is 0 Å². The smallest absolute Gasteiger partial charge is 0.338 e. The molecule has 15 heavy (non-hydrogen) atoms. The normalized spacial score (nSPS) is 9.73. The average molecular weight is 209 g/mol. The van der Waals surface area contributed by atoms with Crippen LogP contribution in [0.2, 0.25) is 0 Å². The number of methoxy groups -OCH3 is 1. The van der Waals surface area contributed by atoms with Crippen molar-refractivity contribution in [1.82, 2.24) is 0 Å². The van der Waals surface area contributed by atoms with Gasteiger partial charge in [0.1, 0.15) is 6.61 Å². The van der Waals surface area contributed by atoms with E-state index < -0.39 is 18.5 Å². The van der Waals surface area contributed by atoms with Crippen molar-refractivity contribution in [2.24, 2.45) is 0 Å². The third kappa shape index (κ3) is 2.13. The van der Waals surface area contributed by atoms with Crippen LogP contribution in [0.3, 0.4) is 0 Å². The lowest BCUT2D eigenvalue weighted by Gasteiger charge is -2.07. The summed E-state index contributed by atoms with van der Waals surface area (Å²) in [6, 6.07) is 4.04. The molecule has 1 rings (SSSR count). The van der Waals surface area contributed by atoms with Gasteiger partial charge < -0.3 is 9.84 Å². The van der Waals surface area contributed by atoms with Gasteiger partial charge in [0.05, 0.1) is 18.2 Å². The van der Waals surface area contributed by atoms with Crippen molar-refractivity contribution >= 4 is 11.9 Å². The van der Waals surface area contributed by atoms with Crippen LogP contribution in [0.15, 0.2) is 18.2 Å². The maximum absolute atomic E-state index is 11.2. The van der Waals surface area contributed by atoms with E-state index in [0.29, 0.717) is 0 Å². The Kier molecular flexibility index (Phi) is 3.41. The number of aromatic carboxylic acids is 1. The fourth-order valence-corrected chi connectivity index (χ4v) is 1.24. The lowest BCUT2D eigenvalue weighted by atomic mass is 10.0. The molecule has 0 unspecified atom stereocenters. The van der Waals surface area contributed by atoms with Gasteiger partial charge in [-0.2, -0.15) is 0 Å². The first-order valence-corrected chi connectivity index (χ1v) is 4.13. The molecule has 1 aromatic rings. The zero-order valence-corrected chi connectivity index (χ0v) is 8.02. The minimum absolute atomic E-state index is 0.00685. The zero-order valence-electron chi connectivity index (χ0n) is 8.02. The third-order valence-corrected chi connectivity index (χ3v) is 1.96. The number of hydrogen-bond donors (Lipinski definition) is 1. The number of esters is 1. The van der Waals surface area contributed by atoms with E-state index in [-0.39, 0.29) is 16.7 Å². The van der Waals surface area contributed by atoms with E-state index in [1.807, 2.05) is 0 Å². The van der Waals surface area contributed by atoms with Gasteiger partial charge >= 0.3 is 11.9 Å². The maximum Gasteiger partial charge on any atom is 0.338 e. The molecule has 1 radical (unpaired) electrons. The summed E-state index contributed by atoms with van der Waals surface area (Å²) < 4.78 is 4.44.